The Morgan fingerprint density at radius 3 is 2.52 bits per heavy atom. The molecule has 1 saturated heterocycles. The molecule has 8 heteroatoms. The van der Waals surface area contributed by atoms with E-state index in [1.165, 1.54) is 11.9 Å². The highest BCUT2D eigenvalue weighted by molar-refractivity contribution is 5.79. The van der Waals surface area contributed by atoms with Gasteiger partial charge in [-0.3, -0.25) is 4.90 Å². The smallest absolute Gasteiger partial charge is 0.410 e. The number of aryl methyl sites for hydroxylation is 1. The lowest BCUT2D eigenvalue weighted by Gasteiger charge is -2.42. The van der Waals surface area contributed by atoms with Crippen LogP contribution in [0.25, 0.3) is 5.57 Å². The average Bonchev–Trinajstić information content (AvgIpc) is 3.46. The molecular weight excluding hydrogens is 378 g/mol. The molecule has 1 aromatic rings. The Balaban J connectivity index is 1.87. The number of nitrogens with zero attached hydrogens (tertiary/aromatic N) is 4. The van der Waals surface area contributed by atoms with E-state index in [1.807, 2.05) is 18.7 Å². The third kappa shape index (κ3) is 4.85. The number of ether oxygens (including phenoxy) is 1. The summed E-state index contributed by atoms with van der Waals surface area (Å²) in [6.07, 6.45) is 2.43. The highest BCUT2D eigenvalue weighted by Gasteiger charge is 2.40. The molecule has 3 rings (SSSR count). The zero-order chi connectivity index (χ0) is 21.3. The number of aromatic nitrogens is 2. The zero-order valence-electron chi connectivity index (χ0n) is 17.8. The van der Waals surface area contributed by atoms with Gasteiger partial charge in [0.05, 0.1) is 5.69 Å². The summed E-state index contributed by atoms with van der Waals surface area (Å²) < 4.78 is 33.1. The molecule has 1 amide bonds. The summed E-state index contributed by atoms with van der Waals surface area (Å²) in [5, 5.41) is 0. The maximum atomic E-state index is 13.9. The first-order valence-electron chi connectivity index (χ1n) is 10.1. The summed E-state index contributed by atoms with van der Waals surface area (Å²) in [5.74, 6) is 1.16. The highest BCUT2D eigenvalue weighted by Crippen LogP contribution is 2.45. The molecule has 0 radical (unpaired) electrons. The van der Waals surface area contributed by atoms with E-state index in [4.69, 9.17) is 4.74 Å². The van der Waals surface area contributed by atoms with Gasteiger partial charge in [0.1, 0.15) is 23.8 Å². The van der Waals surface area contributed by atoms with E-state index in [0.717, 1.165) is 29.0 Å². The number of alkyl halides is 2. The summed E-state index contributed by atoms with van der Waals surface area (Å²) in [6, 6.07) is -1.25. The molecule has 2 aliphatic rings. The summed E-state index contributed by atoms with van der Waals surface area (Å²) >= 11 is 0. The third-order valence-electron chi connectivity index (χ3n) is 5.27. The molecule has 1 atom stereocenters. The lowest BCUT2D eigenvalue weighted by atomic mass is 9.99. The summed E-state index contributed by atoms with van der Waals surface area (Å²) in [6.45, 7) is 9.66. The van der Waals surface area contributed by atoms with Crippen LogP contribution in [0.3, 0.4) is 0 Å². The molecule has 1 aliphatic carbocycles. The van der Waals surface area contributed by atoms with Crippen LogP contribution in [0.4, 0.5) is 19.4 Å². The molecule has 1 unspecified atom stereocenters. The molecule has 1 saturated carbocycles. The van der Waals surface area contributed by atoms with Gasteiger partial charge in [0.2, 0.25) is 0 Å². The van der Waals surface area contributed by atoms with Crippen molar-refractivity contribution in [3.63, 3.8) is 0 Å². The number of piperazine rings is 1. The van der Waals surface area contributed by atoms with Gasteiger partial charge in [0, 0.05) is 25.2 Å². The van der Waals surface area contributed by atoms with Gasteiger partial charge in [-0.15, -0.1) is 0 Å². The van der Waals surface area contributed by atoms with Crippen LogP contribution in [0.2, 0.25) is 0 Å². The first kappa shape index (κ1) is 21.5. The Morgan fingerprint density at radius 1 is 1.28 bits per heavy atom. The van der Waals surface area contributed by atoms with Crippen LogP contribution >= 0.6 is 0 Å². The van der Waals surface area contributed by atoms with Gasteiger partial charge in [-0.05, 0) is 59.0 Å². The van der Waals surface area contributed by atoms with E-state index in [1.54, 1.807) is 20.8 Å². The van der Waals surface area contributed by atoms with Gasteiger partial charge < -0.3 is 9.64 Å². The van der Waals surface area contributed by atoms with Crippen LogP contribution in [-0.2, 0) is 4.74 Å². The van der Waals surface area contributed by atoms with Crippen molar-refractivity contribution in [3.05, 3.63) is 23.7 Å². The van der Waals surface area contributed by atoms with Crippen LogP contribution < -0.4 is 4.90 Å². The van der Waals surface area contributed by atoms with E-state index in [-0.39, 0.29) is 13.1 Å². The van der Waals surface area contributed by atoms with E-state index in [2.05, 4.69) is 16.0 Å². The molecule has 6 nitrogen and oxygen atoms in total. The van der Waals surface area contributed by atoms with Gasteiger partial charge in [-0.1, -0.05) is 6.08 Å². The maximum absolute atomic E-state index is 13.9. The first-order chi connectivity index (χ1) is 13.6. The third-order valence-corrected chi connectivity index (χ3v) is 5.27. The SMILES string of the molecule is C/C=C(\c1c(C)ncnc1N1CCN(C(=O)OC(C)(C)C)C(C(F)F)C1)C1CC1. The topological polar surface area (TPSA) is 58.6 Å². The number of rotatable bonds is 4. The van der Waals surface area contributed by atoms with Crippen molar-refractivity contribution in [2.24, 2.45) is 5.92 Å². The number of carbonyl (C=O) groups excluding carboxylic acids is 1. The second kappa shape index (κ2) is 8.24. The number of carbonyl (C=O) groups is 1. The number of halogens is 2. The molecule has 29 heavy (non-hydrogen) atoms. The van der Waals surface area contributed by atoms with Crippen molar-refractivity contribution >= 4 is 17.5 Å². The van der Waals surface area contributed by atoms with Crippen LogP contribution in [0.1, 0.15) is 51.8 Å². The second-order valence-electron chi connectivity index (χ2n) is 8.70. The summed E-state index contributed by atoms with van der Waals surface area (Å²) in [5.41, 5.74) is 2.23. The quantitative estimate of drug-likeness (QED) is 0.744. The predicted octanol–water partition coefficient (Wildman–Crippen LogP) is 4.29. The lowest BCUT2D eigenvalue weighted by Crippen LogP contribution is -2.59. The van der Waals surface area contributed by atoms with Gasteiger partial charge in [0.25, 0.3) is 6.43 Å². The molecule has 1 aliphatic heterocycles. The number of allylic oxidation sites excluding steroid dienone is 2. The molecule has 2 heterocycles. The fourth-order valence-electron chi connectivity index (χ4n) is 3.78. The van der Waals surface area contributed by atoms with E-state index < -0.39 is 24.2 Å². The van der Waals surface area contributed by atoms with Gasteiger partial charge in [-0.25, -0.2) is 23.5 Å². The van der Waals surface area contributed by atoms with E-state index in [0.29, 0.717) is 18.3 Å². The molecular formula is C21H30F2N4O2. The van der Waals surface area contributed by atoms with E-state index >= 15 is 0 Å². The lowest BCUT2D eigenvalue weighted by molar-refractivity contribution is -0.0180. The Bertz CT molecular complexity index is 787. The average molecular weight is 408 g/mol. The largest absolute Gasteiger partial charge is 0.444 e. The van der Waals surface area contributed by atoms with Crippen molar-refractivity contribution in [2.45, 2.75) is 65.5 Å². The van der Waals surface area contributed by atoms with Crippen LogP contribution in [0, 0.1) is 12.8 Å². The fraction of sp³-hybridized carbons (Fsp3) is 0.667. The Labute approximate surface area is 170 Å². The van der Waals surface area contributed by atoms with Crippen molar-refractivity contribution < 1.29 is 18.3 Å². The van der Waals surface area contributed by atoms with Crippen LogP contribution in [0.5, 0.6) is 0 Å². The zero-order valence-corrected chi connectivity index (χ0v) is 17.8. The van der Waals surface area contributed by atoms with Crippen LogP contribution in [0.15, 0.2) is 12.4 Å². The maximum Gasteiger partial charge on any atom is 0.410 e. The predicted molar refractivity (Wildman–Crippen MR) is 108 cm³/mol. The Morgan fingerprint density at radius 2 is 1.97 bits per heavy atom. The Kier molecular flexibility index (Phi) is 6.10. The Hall–Kier alpha value is -2.25. The normalized spacial score (nSPS) is 21.0. The minimum absolute atomic E-state index is 0.00201. The summed E-state index contributed by atoms with van der Waals surface area (Å²) in [4.78, 5) is 24.3. The van der Waals surface area contributed by atoms with Crippen molar-refractivity contribution in [3.8, 4) is 0 Å². The standard InChI is InChI=1S/C21H30F2N4O2/c1-6-15(14-7-8-14)17-13(2)24-12-25-19(17)26-9-10-27(16(11-26)18(22)23)20(28)29-21(3,4)5/h6,12,14,16,18H,7-11H2,1-5H3/b15-6-. The molecule has 0 bridgehead atoms. The monoisotopic (exact) mass is 408 g/mol. The van der Waals surface area contributed by atoms with E-state index in [9.17, 15) is 13.6 Å². The number of amides is 1. The first-order valence-corrected chi connectivity index (χ1v) is 10.1. The fourth-order valence-corrected chi connectivity index (χ4v) is 3.78. The molecule has 1 aromatic heterocycles. The van der Waals surface area contributed by atoms with Crippen molar-refractivity contribution in [1.29, 1.82) is 0 Å². The summed E-state index contributed by atoms with van der Waals surface area (Å²) in [7, 11) is 0. The molecule has 2 fully saturated rings. The number of hydrogen-bond donors (Lipinski definition) is 0. The highest BCUT2D eigenvalue weighted by atomic mass is 19.3. The molecule has 160 valence electrons. The van der Waals surface area contributed by atoms with Gasteiger partial charge in [-0.2, -0.15) is 0 Å². The minimum Gasteiger partial charge on any atom is -0.444 e. The number of hydrogen-bond acceptors (Lipinski definition) is 5. The molecule has 0 N–H and O–H groups in total. The van der Waals surface area contributed by atoms with Crippen molar-refractivity contribution in [1.82, 2.24) is 14.9 Å². The molecule has 0 spiro atoms. The second-order valence-corrected chi connectivity index (χ2v) is 8.70. The van der Waals surface area contributed by atoms with Gasteiger partial charge >= 0.3 is 6.09 Å². The molecule has 0 aromatic carbocycles. The number of anilines is 1. The van der Waals surface area contributed by atoms with Crippen LogP contribution in [-0.4, -0.2) is 58.7 Å². The minimum atomic E-state index is -2.68. The van der Waals surface area contributed by atoms with Crippen molar-refractivity contribution in [2.75, 3.05) is 24.5 Å². The van der Waals surface area contributed by atoms with Gasteiger partial charge in [0.15, 0.2) is 0 Å².